The molecule has 3 nitrogen and oxygen atoms in total. The first-order valence-electron chi connectivity index (χ1n) is 6.47. The Hall–Kier alpha value is -0.570. The Morgan fingerprint density at radius 1 is 1.12 bits per heavy atom. The van der Waals surface area contributed by atoms with Crippen LogP contribution in [0.3, 0.4) is 0 Å². The Labute approximate surface area is 98.9 Å². The number of carbonyl (C=O) groups is 1. The number of aliphatic hydroxyl groups is 1. The van der Waals surface area contributed by atoms with E-state index in [2.05, 4.69) is 6.92 Å². The van der Waals surface area contributed by atoms with Crippen molar-refractivity contribution in [2.75, 3.05) is 0 Å². The van der Waals surface area contributed by atoms with Crippen molar-refractivity contribution in [1.82, 2.24) is 0 Å². The van der Waals surface area contributed by atoms with E-state index in [9.17, 15) is 9.90 Å². The average molecular weight is 230 g/mol. The van der Waals surface area contributed by atoms with E-state index >= 15 is 0 Å². The van der Waals surface area contributed by atoms with Crippen molar-refractivity contribution < 1.29 is 15.0 Å². The van der Waals surface area contributed by atoms with Gasteiger partial charge in [0.05, 0.1) is 12.5 Å². The first kappa shape index (κ1) is 15.4. The van der Waals surface area contributed by atoms with Crippen molar-refractivity contribution >= 4 is 5.97 Å². The minimum atomic E-state index is -0.915. The quantitative estimate of drug-likeness (QED) is 0.567. The van der Waals surface area contributed by atoms with E-state index < -0.39 is 12.1 Å². The molecule has 0 aromatic carbocycles. The van der Waals surface area contributed by atoms with Crippen LogP contribution in [0.4, 0.5) is 0 Å². The second-order valence-electron chi connectivity index (χ2n) is 4.70. The molecule has 0 radical (unpaired) electrons. The number of carboxylic acid groups (broad SMARTS) is 1. The molecule has 0 fully saturated rings. The normalized spacial score (nSPS) is 14.7. The minimum absolute atomic E-state index is 0.0993. The third-order valence-electron chi connectivity index (χ3n) is 3.05. The molecule has 96 valence electrons. The monoisotopic (exact) mass is 230 g/mol. The number of hydrogen-bond acceptors (Lipinski definition) is 2. The Kier molecular flexibility index (Phi) is 9.30. The molecule has 0 aliphatic carbocycles. The summed E-state index contributed by atoms with van der Waals surface area (Å²) in [6.45, 7) is 4.13. The molecule has 2 unspecified atom stereocenters. The van der Waals surface area contributed by atoms with Crippen LogP contribution in [0.1, 0.15) is 65.2 Å². The van der Waals surface area contributed by atoms with E-state index in [1.165, 1.54) is 32.1 Å². The van der Waals surface area contributed by atoms with Gasteiger partial charge in [-0.25, -0.2) is 0 Å². The number of rotatable bonds is 10. The van der Waals surface area contributed by atoms with E-state index in [4.69, 9.17) is 5.11 Å². The van der Waals surface area contributed by atoms with E-state index in [-0.39, 0.29) is 12.3 Å². The van der Waals surface area contributed by atoms with Crippen LogP contribution in [-0.4, -0.2) is 22.3 Å². The molecule has 16 heavy (non-hydrogen) atoms. The average Bonchev–Trinajstić information content (AvgIpc) is 2.21. The second-order valence-corrected chi connectivity index (χ2v) is 4.70. The molecule has 3 heteroatoms. The van der Waals surface area contributed by atoms with Gasteiger partial charge in [-0.1, -0.05) is 52.4 Å². The fraction of sp³-hybridized carbons (Fsp3) is 0.923. The fourth-order valence-corrected chi connectivity index (χ4v) is 1.82. The van der Waals surface area contributed by atoms with Crippen molar-refractivity contribution in [2.45, 2.75) is 71.3 Å². The van der Waals surface area contributed by atoms with Gasteiger partial charge in [0, 0.05) is 0 Å². The van der Waals surface area contributed by atoms with Gasteiger partial charge in [0.1, 0.15) is 0 Å². The maximum absolute atomic E-state index is 10.4. The molecule has 0 aromatic heterocycles. The summed E-state index contributed by atoms with van der Waals surface area (Å²) in [6.07, 6.45) is 7.53. The minimum Gasteiger partial charge on any atom is -0.481 e. The number of hydrogen-bond donors (Lipinski definition) is 2. The lowest BCUT2D eigenvalue weighted by molar-refractivity contribution is -0.139. The highest BCUT2D eigenvalue weighted by Crippen LogP contribution is 2.16. The first-order valence-corrected chi connectivity index (χ1v) is 6.47. The van der Waals surface area contributed by atoms with Crippen LogP contribution in [0.15, 0.2) is 0 Å². The molecule has 0 aliphatic rings. The van der Waals surface area contributed by atoms with Crippen LogP contribution in [0.5, 0.6) is 0 Å². The van der Waals surface area contributed by atoms with E-state index in [1.54, 1.807) is 0 Å². The molecule has 2 N–H and O–H groups in total. The van der Waals surface area contributed by atoms with Gasteiger partial charge in [0.15, 0.2) is 0 Å². The molecule has 0 heterocycles. The van der Waals surface area contributed by atoms with E-state index in [0.29, 0.717) is 0 Å². The summed E-state index contributed by atoms with van der Waals surface area (Å²) in [7, 11) is 0. The zero-order chi connectivity index (χ0) is 12.4. The van der Waals surface area contributed by atoms with Crippen LogP contribution in [0.25, 0.3) is 0 Å². The largest absolute Gasteiger partial charge is 0.481 e. The Balaban J connectivity index is 3.42. The number of aliphatic carboxylic acids is 1. The van der Waals surface area contributed by atoms with Gasteiger partial charge < -0.3 is 10.2 Å². The third kappa shape index (κ3) is 8.72. The van der Waals surface area contributed by atoms with Gasteiger partial charge in [-0.2, -0.15) is 0 Å². The molecule has 0 aromatic rings. The predicted octanol–water partition coefficient (Wildman–Crippen LogP) is 3.21. The summed E-state index contributed by atoms with van der Waals surface area (Å²) in [6, 6.07) is 0. The summed E-state index contributed by atoms with van der Waals surface area (Å²) in [5.41, 5.74) is 0. The van der Waals surface area contributed by atoms with Gasteiger partial charge in [0.2, 0.25) is 0 Å². The SMILES string of the molecule is CCCCCCCCC(C)C(O)CC(=O)O. The Morgan fingerprint density at radius 3 is 2.25 bits per heavy atom. The molecule has 0 spiro atoms. The number of unbranched alkanes of at least 4 members (excludes halogenated alkanes) is 5. The van der Waals surface area contributed by atoms with Crippen LogP contribution < -0.4 is 0 Å². The second kappa shape index (κ2) is 9.64. The molecule has 2 atom stereocenters. The van der Waals surface area contributed by atoms with Crippen molar-refractivity contribution in [3.8, 4) is 0 Å². The standard InChI is InChI=1S/C13H26O3/c1-3-4-5-6-7-8-9-11(2)12(14)10-13(15)16/h11-12,14H,3-10H2,1-2H3,(H,15,16). The maximum Gasteiger partial charge on any atom is 0.305 e. The fourth-order valence-electron chi connectivity index (χ4n) is 1.82. The molecule has 0 bridgehead atoms. The van der Waals surface area contributed by atoms with Gasteiger partial charge in [-0.15, -0.1) is 0 Å². The van der Waals surface area contributed by atoms with Crippen LogP contribution in [-0.2, 0) is 4.79 Å². The zero-order valence-electron chi connectivity index (χ0n) is 10.6. The topological polar surface area (TPSA) is 57.5 Å². The molecule has 0 saturated carbocycles. The summed E-state index contributed by atoms with van der Waals surface area (Å²) in [5, 5.41) is 18.1. The summed E-state index contributed by atoms with van der Waals surface area (Å²) >= 11 is 0. The smallest absolute Gasteiger partial charge is 0.305 e. The van der Waals surface area contributed by atoms with Gasteiger partial charge in [-0.3, -0.25) is 4.79 Å². The maximum atomic E-state index is 10.4. The predicted molar refractivity (Wildman–Crippen MR) is 65.4 cm³/mol. The first-order chi connectivity index (χ1) is 7.57. The lowest BCUT2D eigenvalue weighted by atomic mass is 9.95. The van der Waals surface area contributed by atoms with Crippen LogP contribution >= 0.6 is 0 Å². The lowest BCUT2D eigenvalue weighted by Crippen LogP contribution is -2.21. The van der Waals surface area contributed by atoms with Crippen molar-refractivity contribution in [3.63, 3.8) is 0 Å². The van der Waals surface area contributed by atoms with Gasteiger partial charge in [0.25, 0.3) is 0 Å². The Bertz CT molecular complexity index is 180. The van der Waals surface area contributed by atoms with E-state index in [1.807, 2.05) is 6.92 Å². The number of aliphatic hydroxyl groups excluding tert-OH is 1. The summed E-state index contributed by atoms with van der Waals surface area (Å²) in [5.74, 6) is -0.815. The van der Waals surface area contributed by atoms with Crippen molar-refractivity contribution in [1.29, 1.82) is 0 Å². The summed E-state index contributed by atoms with van der Waals surface area (Å²) in [4.78, 5) is 10.4. The molecule has 0 rings (SSSR count). The highest BCUT2D eigenvalue weighted by atomic mass is 16.4. The van der Waals surface area contributed by atoms with Crippen molar-refractivity contribution in [3.05, 3.63) is 0 Å². The molecule has 0 aliphatic heterocycles. The highest BCUT2D eigenvalue weighted by molar-refractivity contribution is 5.67. The molecule has 0 saturated heterocycles. The lowest BCUT2D eigenvalue weighted by Gasteiger charge is -2.16. The third-order valence-corrected chi connectivity index (χ3v) is 3.05. The van der Waals surface area contributed by atoms with Crippen LogP contribution in [0, 0.1) is 5.92 Å². The molecule has 0 amide bonds. The van der Waals surface area contributed by atoms with Gasteiger partial charge >= 0.3 is 5.97 Å². The summed E-state index contributed by atoms with van der Waals surface area (Å²) < 4.78 is 0. The number of carboxylic acids is 1. The Morgan fingerprint density at radius 2 is 1.69 bits per heavy atom. The van der Waals surface area contributed by atoms with Gasteiger partial charge in [-0.05, 0) is 12.3 Å². The molecular weight excluding hydrogens is 204 g/mol. The zero-order valence-corrected chi connectivity index (χ0v) is 10.6. The molecular formula is C13H26O3. The highest BCUT2D eigenvalue weighted by Gasteiger charge is 2.16. The van der Waals surface area contributed by atoms with Crippen LogP contribution in [0.2, 0.25) is 0 Å². The van der Waals surface area contributed by atoms with E-state index in [0.717, 1.165) is 12.8 Å². The van der Waals surface area contributed by atoms with Crippen molar-refractivity contribution in [2.24, 2.45) is 5.92 Å².